The lowest BCUT2D eigenvalue weighted by Gasteiger charge is -2.34. The van der Waals surface area contributed by atoms with Gasteiger partial charge in [0, 0.05) is 30.9 Å². The number of anilines is 1. The van der Waals surface area contributed by atoms with Crippen LogP contribution in [0.4, 0.5) is 5.69 Å². The zero-order valence-electron chi connectivity index (χ0n) is 18.4. The molecule has 1 saturated heterocycles. The Morgan fingerprint density at radius 1 is 1.06 bits per heavy atom. The van der Waals surface area contributed by atoms with E-state index in [9.17, 15) is 13.2 Å². The van der Waals surface area contributed by atoms with Crippen molar-refractivity contribution in [1.29, 1.82) is 0 Å². The highest BCUT2D eigenvalue weighted by Gasteiger charge is 2.34. The molecule has 0 spiro atoms. The van der Waals surface area contributed by atoms with Gasteiger partial charge < -0.3 is 9.64 Å². The number of rotatable bonds is 4. The molecule has 1 amide bonds. The summed E-state index contributed by atoms with van der Waals surface area (Å²) in [7, 11) is -2.32. The predicted molar refractivity (Wildman–Crippen MR) is 121 cm³/mol. The lowest BCUT2D eigenvalue weighted by molar-refractivity contribution is 0.0985. The molecule has 2 aromatic carbocycles. The first-order valence-corrected chi connectivity index (χ1v) is 12.3. The highest BCUT2D eigenvalue weighted by molar-refractivity contribution is 7.89. The number of amides is 1. The van der Waals surface area contributed by atoms with Gasteiger partial charge in [-0.25, -0.2) is 8.42 Å². The summed E-state index contributed by atoms with van der Waals surface area (Å²) in [6.45, 7) is 5.72. The number of fused-ring (bicyclic) bond motifs is 1. The molecule has 2 atom stereocenters. The lowest BCUT2D eigenvalue weighted by atomic mass is 9.94. The van der Waals surface area contributed by atoms with E-state index in [0.29, 0.717) is 37.0 Å². The normalized spacial score (nSPS) is 22.1. The average Bonchev–Trinajstić information content (AvgIpc) is 2.77. The second kappa shape index (κ2) is 8.63. The molecule has 31 heavy (non-hydrogen) atoms. The number of para-hydroxylation sites is 1. The van der Waals surface area contributed by atoms with Crippen LogP contribution < -0.4 is 9.64 Å². The third-order valence-electron chi connectivity index (χ3n) is 6.22. The SMILES string of the molecule is COc1ccc(C(=O)N2CCCc3ccccc32)cc1S(=O)(=O)N1CC(C)CC(C)C1. The van der Waals surface area contributed by atoms with Crippen LogP contribution in [-0.2, 0) is 16.4 Å². The fourth-order valence-electron chi connectivity index (χ4n) is 4.85. The quantitative estimate of drug-likeness (QED) is 0.719. The molecule has 4 rings (SSSR count). The minimum atomic E-state index is -3.78. The Kier molecular flexibility index (Phi) is 6.08. The van der Waals surface area contributed by atoms with Crippen molar-refractivity contribution in [2.75, 3.05) is 31.6 Å². The Morgan fingerprint density at radius 2 is 1.77 bits per heavy atom. The Labute approximate surface area is 184 Å². The van der Waals surface area contributed by atoms with Gasteiger partial charge in [0.25, 0.3) is 5.91 Å². The van der Waals surface area contributed by atoms with Gasteiger partial charge in [-0.2, -0.15) is 4.31 Å². The van der Waals surface area contributed by atoms with E-state index in [1.807, 2.05) is 24.3 Å². The molecule has 0 bridgehead atoms. The van der Waals surface area contributed by atoms with Crippen molar-refractivity contribution in [1.82, 2.24) is 4.31 Å². The van der Waals surface area contributed by atoms with Gasteiger partial charge in [0.2, 0.25) is 10.0 Å². The van der Waals surface area contributed by atoms with Crippen LogP contribution in [0.2, 0.25) is 0 Å². The molecule has 2 aliphatic heterocycles. The molecule has 0 aromatic heterocycles. The van der Waals surface area contributed by atoms with E-state index < -0.39 is 10.0 Å². The first-order valence-electron chi connectivity index (χ1n) is 10.9. The summed E-state index contributed by atoms with van der Waals surface area (Å²) in [6.07, 6.45) is 2.83. The van der Waals surface area contributed by atoms with E-state index >= 15 is 0 Å². The van der Waals surface area contributed by atoms with Crippen LogP contribution in [0.1, 0.15) is 42.6 Å². The molecule has 6 nitrogen and oxygen atoms in total. The molecular formula is C24H30N2O4S. The summed E-state index contributed by atoms with van der Waals surface area (Å²) < 4.78 is 34.0. The number of sulfonamides is 1. The summed E-state index contributed by atoms with van der Waals surface area (Å²) >= 11 is 0. The predicted octanol–water partition coefficient (Wildman–Crippen LogP) is 3.95. The molecule has 2 aromatic rings. The molecule has 166 valence electrons. The Hall–Kier alpha value is -2.38. The Bertz CT molecular complexity index is 1070. The number of hydrogen-bond acceptors (Lipinski definition) is 4. The Balaban J connectivity index is 1.71. The van der Waals surface area contributed by atoms with Gasteiger partial charge >= 0.3 is 0 Å². The van der Waals surface area contributed by atoms with Crippen molar-refractivity contribution in [2.45, 2.75) is 38.0 Å². The smallest absolute Gasteiger partial charge is 0.258 e. The lowest BCUT2D eigenvalue weighted by Crippen LogP contribution is -2.42. The van der Waals surface area contributed by atoms with Crippen LogP contribution >= 0.6 is 0 Å². The zero-order chi connectivity index (χ0) is 22.2. The Morgan fingerprint density at radius 3 is 2.48 bits per heavy atom. The molecule has 2 unspecified atom stereocenters. The summed E-state index contributed by atoms with van der Waals surface area (Å²) in [5.41, 5.74) is 2.39. The van der Waals surface area contributed by atoms with Crippen LogP contribution in [0.5, 0.6) is 5.75 Å². The fraction of sp³-hybridized carbons (Fsp3) is 0.458. The maximum atomic E-state index is 13.5. The van der Waals surface area contributed by atoms with Crippen molar-refractivity contribution >= 4 is 21.6 Å². The van der Waals surface area contributed by atoms with Crippen molar-refractivity contribution in [3.8, 4) is 5.75 Å². The molecule has 0 saturated carbocycles. The van der Waals surface area contributed by atoms with Crippen LogP contribution in [0.25, 0.3) is 0 Å². The van der Waals surface area contributed by atoms with Crippen LogP contribution in [0.3, 0.4) is 0 Å². The summed E-state index contributed by atoms with van der Waals surface area (Å²) in [5.74, 6) is 0.659. The first-order chi connectivity index (χ1) is 14.8. The van der Waals surface area contributed by atoms with Crippen molar-refractivity contribution < 1.29 is 17.9 Å². The maximum Gasteiger partial charge on any atom is 0.258 e. The van der Waals surface area contributed by atoms with Gasteiger partial charge in [-0.3, -0.25) is 4.79 Å². The number of carbonyl (C=O) groups is 1. The van der Waals surface area contributed by atoms with Gasteiger partial charge in [0.15, 0.2) is 0 Å². The van der Waals surface area contributed by atoms with E-state index in [1.54, 1.807) is 17.0 Å². The molecule has 1 fully saturated rings. The van der Waals surface area contributed by atoms with Crippen molar-refractivity contribution in [3.05, 3.63) is 53.6 Å². The maximum absolute atomic E-state index is 13.5. The zero-order valence-corrected chi connectivity index (χ0v) is 19.2. The number of ether oxygens (including phenoxy) is 1. The average molecular weight is 443 g/mol. The van der Waals surface area contributed by atoms with Gasteiger partial charge in [0.1, 0.15) is 10.6 Å². The summed E-state index contributed by atoms with van der Waals surface area (Å²) in [4.78, 5) is 15.2. The molecule has 0 radical (unpaired) electrons. The van der Waals surface area contributed by atoms with Crippen molar-refractivity contribution in [2.24, 2.45) is 11.8 Å². The number of carbonyl (C=O) groups excluding carboxylic acids is 1. The molecule has 0 N–H and O–H groups in total. The van der Waals surface area contributed by atoms with Gasteiger partial charge in [-0.05, 0) is 60.9 Å². The summed E-state index contributed by atoms with van der Waals surface area (Å²) in [6, 6.07) is 12.6. The number of hydrogen-bond donors (Lipinski definition) is 0. The topological polar surface area (TPSA) is 66.9 Å². The minimum absolute atomic E-state index is 0.0624. The van der Waals surface area contributed by atoms with Crippen LogP contribution in [0.15, 0.2) is 47.4 Å². The number of methoxy groups -OCH3 is 1. The number of benzene rings is 2. The van der Waals surface area contributed by atoms with E-state index in [2.05, 4.69) is 13.8 Å². The summed E-state index contributed by atoms with van der Waals surface area (Å²) in [5, 5.41) is 0. The first kappa shape index (κ1) is 21.8. The molecule has 2 aliphatic rings. The van der Waals surface area contributed by atoms with E-state index in [4.69, 9.17) is 4.74 Å². The standard InChI is InChI=1S/C24H30N2O4S/c1-17-13-18(2)16-25(15-17)31(28,29)23-14-20(10-11-22(23)30-3)24(27)26-12-6-8-19-7-4-5-9-21(19)26/h4-5,7,9-11,14,17-18H,6,8,12-13,15-16H2,1-3H3. The largest absolute Gasteiger partial charge is 0.495 e. The molecule has 7 heteroatoms. The third-order valence-corrected chi connectivity index (χ3v) is 8.07. The third kappa shape index (κ3) is 4.21. The number of aryl methyl sites for hydroxylation is 1. The van der Waals surface area contributed by atoms with E-state index in [-0.39, 0.29) is 16.6 Å². The second-order valence-electron chi connectivity index (χ2n) is 8.82. The van der Waals surface area contributed by atoms with Crippen LogP contribution in [0, 0.1) is 11.8 Å². The van der Waals surface area contributed by atoms with Gasteiger partial charge in [0.05, 0.1) is 7.11 Å². The van der Waals surface area contributed by atoms with Gasteiger partial charge in [-0.15, -0.1) is 0 Å². The second-order valence-corrected chi connectivity index (χ2v) is 10.7. The highest BCUT2D eigenvalue weighted by Crippen LogP contribution is 2.33. The molecule has 0 aliphatic carbocycles. The van der Waals surface area contributed by atoms with Gasteiger partial charge in [-0.1, -0.05) is 32.0 Å². The minimum Gasteiger partial charge on any atom is -0.495 e. The van der Waals surface area contributed by atoms with E-state index in [1.165, 1.54) is 17.5 Å². The van der Waals surface area contributed by atoms with Crippen molar-refractivity contribution in [3.63, 3.8) is 0 Å². The fourth-order valence-corrected chi connectivity index (χ4v) is 6.71. The number of nitrogens with zero attached hydrogens (tertiary/aromatic N) is 2. The number of piperidine rings is 1. The van der Waals surface area contributed by atoms with E-state index in [0.717, 1.165) is 30.5 Å². The molecule has 2 heterocycles. The monoisotopic (exact) mass is 442 g/mol. The van der Waals surface area contributed by atoms with Crippen LogP contribution in [-0.4, -0.2) is 45.4 Å². The molecular weight excluding hydrogens is 412 g/mol. The highest BCUT2D eigenvalue weighted by atomic mass is 32.2.